The van der Waals surface area contributed by atoms with Crippen molar-refractivity contribution in [2.75, 3.05) is 45.1 Å². The molecule has 1 aliphatic rings. The van der Waals surface area contributed by atoms with Gasteiger partial charge in [-0.3, -0.25) is 9.69 Å². The van der Waals surface area contributed by atoms with Gasteiger partial charge in [0.15, 0.2) is 0 Å². The number of halogens is 2. The highest BCUT2D eigenvalue weighted by molar-refractivity contribution is 9.11. The summed E-state index contributed by atoms with van der Waals surface area (Å²) in [5, 5.41) is 2.95. The summed E-state index contributed by atoms with van der Waals surface area (Å²) >= 11 is 6.84. The van der Waals surface area contributed by atoms with Crippen LogP contribution in [0.5, 0.6) is 0 Å². The SMILES string of the molecule is CN1CCCN(CC(=O)Nc2cc(Br)cc(Br)c2)CC1. The highest BCUT2D eigenvalue weighted by Crippen LogP contribution is 2.23. The first-order chi connectivity index (χ1) is 9.52. The second kappa shape index (κ2) is 7.54. The van der Waals surface area contributed by atoms with E-state index in [0.717, 1.165) is 47.2 Å². The molecule has 4 nitrogen and oxygen atoms in total. The summed E-state index contributed by atoms with van der Waals surface area (Å²) in [6.07, 6.45) is 1.12. The third-order valence-corrected chi connectivity index (χ3v) is 4.24. The number of rotatable bonds is 3. The number of benzene rings is 1. The topological polar surface area (TPSA) is 35.6 Å². The Kier molecular flexibility index (Phi) is 6.01. The molecule has 1 saturated heterocycles. The van der Waals surface area contributed by atoms with Crippen LogP contribution in [0.4, 0.5) is 5.69 Å². The van der Waals surface area contributed by atoms with Gasteiger partial charge in [-0.1, -0.05) is 31.9 Å². The molecule has 2 rings (SSSR count). The maximum Gasteiger partial charge on any atom is 0.238 e. The number of hydrogen-bond donors (Lipinski definition) is 1. The number of likely N-dealkylation sites (N-methyl/N-ethyl adjacent to an activating group) is 1. The summed E-state index contributed by atoms with van der Waals surface area (Å²) in [5.74, 6) is 0.0413. The normalized spacial score (nSPS) is 17.8. The van der Waals surface area contributed by atoms with E-state index in [1.807, 2.05) is 18.2 Å². The van der Waals surface area contributed by atoms with Crippen LogP contribution in [0.15, 0.2) is 27.1 Å². The Bertz CT molecular complexity index is 461. The van der Waals surface area contributed by atoms with Gasteiger partial charge in [-0.25, -0.2) is 0 Å². The van der Waals surface area contributed by atoms with Gasteiger partial charge in [-0.2, -0.15) is 0 Å². The van der Waals surface area contributed by atoms with Crippen molar-refractivity contribution in [3.05, 3.63) is 27.1 Å². The Balaban J connectivity index is 1.88. The molecular weight excluding hydrogens is 386 g/mol. The second-order valence-electron chi connectivity index (χ2n) is 5.14. The number of amides is 1. The van der Waals surface area contributed by atoms with Gasteiger partial charge in [0.2, 0.25) is 5.91 Å². The van der Waals surface area contributed by atoms with E-state index in [-0.39, 0.29) is 5.91 Å². The molecule has 6 heteroatoms. The Morgan fingerprint density at radius 1 is 1.15 bits per heavy atom. The highest BCUT2D eigenvalue weighted by atomic mass is 79.9. The lowest BCUT2D eigenvalue weighted by atomic mass is 10.3. The first-order valence-corrected chi connectivity index (χ1v) is 8.28. The highest BCUT2D eigenvalue weighted by Gasteiger charge is 2.15. The zero-order valence-electron chi connectivity index (χ0n) is 11.5. The molecular formula is C14H19Br2N3O. The molecule has 20 heavy (non-hydrogen) atoms. The van der Waals surface area contributed by atoms with E-state index in [1.165, 1.54) is 0 Å². The monoisotopic (exact) mass is 403 g/mol. The Morgan fingerprint density at radius 3 is 2.55 bits per heavy atom. The van der Waals surface area contributed by atoms with Crippen molar-refractivity contribution in [3.63, 3.8) is 0 Å². The Morgan fingerprint density at radius 2 is 1.85 bits per heavy atom. The third kappa shape index (κ3) is 5.16. The average molecular weight is 405 g/mol. The van der Waals surface area contributed by atoms with E-state index in [1.54, 1.807) is 0 Å². The first-order valence-electron chi connectivity index (χ1n) is 6.70. The summed E-state index contributed by atoms with van der Waals surface area (Å²) in [7, 11) is 2.13. The van der Waals surface area contributed by atoms with Gasteiger partial charge in [0, 0.05) is 27.7 Å². The van der Waals surface area contributed by atoms with Crippen LogP contribution in [-0.4, -0.2) is 55.5 Å². The van der Waals surface area contributed by atoms with Crippen molar-refractivity contribution < 1.29 is 4.79 Å². The summed E-state index contributed by atoms with van der Waals surface area (Å²) in [5.41, 5.74) is 0.809. The van der Waals surface area contributed by atoms with E-state index in [4.69, 9.17) is 0 Å². The van der Waals surface area contributed by atoms with Crippen molar-refractivity contribution in [2.24, 2.45) is 0 Å². The molecule has 0 saturated carbocycles. The van der Waals surface area contributed by atoms with Crippen LogP contribution in [0, 0.1) is 0 Å². The van der Waals surface area contributed by atoms with Crippen molar-refractivity contribution in [1.29, 1.82) is 0 Å². The van der Waals surface area contributed by atoms with E-state index in [9.17, 15) is 4.79 Å². The van der Waals surface area contributed by atoms with Gasteiger partial charge in [-0.05, 0) is 44.8 Å². The molecule has 1 aromatic carbocycles. The molecule has 1 heterocycles. The fraction of sp³-hybridized carbons (Fsp3) is 0.500. The Hall–Kier alpha value is -0.430. The summed E-state index contributed by atoms with van der Waals surface area (Å²) in [6.45, 7) is 4.52. The maximum absolute atomic E-state index is 12.1. The van der Waals surface area contributed by atoms with Crippen molar-refractivity contribution >= 4 is 43.5 Å². The fourth-order valence-corrected chi connectivity index (χ4v) is 3.58. The summed E-state index contributed by atoms with van der Waals surface area (Å²) < 4.78 is 1.89. The minimum atomic E-state index is 0.0413. The lowest BCUT2D eigenvalue weighted by Crippen LogP contribution is -2.35. The van der Waals surface area contributed by atoms with Crippen LogP contribution in [0.2, 0.25) is 0 Å². The summed E-state index contributed by atoms with van der Waals surface area (Å²) in [6, 6.07) is 5.75. The number of nitrogens with zero attached hydrogens (tertiary/aromatic N) is 2. The molecule has 0 atom stereocenters. The molecule has 0 unspecified atom stereocenters. The van der Waals surface area contributed by atoms with E-state index in [0.29, 0.717) is 6.54 Å². The zero-order valence-corrected chi connectivity index (χ0v) is 14.7. The number of anilines is 1. The van der Waals surface area contributed by atoms with Gasteiger partial charge in [0.05, 0.1) is 6.54 Å². The van der Waals surface area contributed by atoms with Crippen LogP contribution in [0.25, 0.3) is 0 Å². The molecule has 110 valence electrons. The molecule has 0 aliphatic carbocycles. The van der Waals surface area contributed by atoms with Crippen molar-refractivity contribution in [1.82, 2.24) is 9.80 Å². The predicted octanol–water partition coefficient (Wildman–Crippen LogP) is 2.79. The van der Waals surface area contributed by atoms with E-state index < -0.39 is 0 Å². The van der Waals surface area contributed by atoms with Crippen LogP contribution in [0.3, 0.4) is 0 Å². The largest absolute Gasteiger partial charge is 0.325 e. The van der Waals surface area contributed by atoms with E-state index in [2.05, 4.69) is 54.0 Å². The van der Waals surface area contributed by atoms with Crippen molar-refractivity contribution in [3.8, 4) is 0 Å². The predicted molar refractivity (Wildman–Crippen MR) is 89.0 cm³/mol. The molecule has 0 aromatic heterocycles. The minimum absolute atomic E-state index is 0.0413. The number of carbonyl (C=O) groups excluding carboxylic acids is 1. The fourth-order valence-electron chi connectivity index (χ4n) is 2.29. The maximum atomic E-state index is 12.1. The molecule has 1 aromatic rings. The van der Waals surface area contributed by atoms with E-state index >= 15 is 0 Å². The average Bonchev–Trinajstić information content (AvgIpc) is 2.53. The van der Waals surface area contributed by atoms with Crippen LogP contribution >= 0.6 is 31.9 Å². The van der Waals surface area contributed by atoms with Crippen LogP contribution in [-0.2, 0) is 4.79 Å². The van der Waals surface area contributed by atoms with Gasteiger partial charge >= 0.3 is 0 Å². The second-order valence-corrected chi connectivity index (χ2v) is 6.97. The van der Waals surface area contributed by atoms with Crippen LogP contribution in [0.1, 0.15) is 6.42 Å². The minimum Gasteiger partial charge on any atom is -0.325 e. The molecule has 0 radical (unpaired) electrons. The molecule has 1 amide bonds. The number of carbonyl (C=O) groups is 1. The van der Waals surface area contributed by atoms with Gasteiger partial charge < -0.3 is 10.2 Å². The molecule has 1 aliphatic heterocycles. The molecule has 0 bridgehead atoms. The summed E-state index contributed by atoms with van der Waals surface area (Å²) in [4.78, 5) is 16.6. The van der Waals surface area contributed by atoms with Gasteiger partial charge in [0.1, 0.15) is 0 Å². The zero-order chi connectivity index (χ0) is 14.5. The number of nitrogens with one attached hydrogen (secondary N) is 1. The first kappa shape index (κ1) is 15.9. The van der Waals surface area contributed by atoms with Crippen LogP contribution < -0.4 is 5.32 Å². The standard InChI is InChI=1S/C14H19Br2N3O/c1-18-3-2-4-19(6-5-18)10-14(20)17-13-8-11(15)7-12(16)9-13/h7-9H,2-6,10H2,1H3,(H,17,20). The molecule has 0 spiro atoms. The van der Waals surface area contributed by atoms with Gasteiger partial charge in [-0.15, -0.1) is 0 Å². The third-order valence-electron chi connectivity index (χ3n) is 3.33. The lowest BCUT2D eigenvalue weighted by Gasteiger charge is -2.19. The number of hydrogen-bond acceptors (Lipinski definition) is 3. The Labute approximate surface area is 136 Å². The smallest absolute Gasteiger partial charge is 0.238 e. The van der Waals surface area contributed by atoms with Crippen molar-refractivity contribution in [2.45, 2.75) is 6.42 Å². The molecule has 1 fully saturated rings. The van der Waals surface area contributed by atoms with Gasteiger partial charge in [0.25, 0.3) is 0 Å². The quantitative estimate of drug-likeness (QED) is 0.841. The lowest BCUT2D eigenvalue weighted by molar-refractivity contribution is -0.117. The molecule has 1 N–H and O–H groups in total.